The Hall–Kier alpha value is -2.37. The summed E-state index contributed by atoms with van der Waals surface area (Å²) in [6.07, 6.45) is 3.05. The molecule has 0 aromatic carbocycles. The van der Waals surface area contributed by atoms with Gasteiger partial charge in [0.15, 0.2) is 0 Å². The van der Waals surface area contributed by atoms with Crippen molar-refractivity contribution in [2.75, 3.05) is 6.54 Å². The normalized spacial score (nSPS) is 14.0. The number of pyridine rings is 1. The molecule has 1 fully saturated rings. The van der Waals surface area contributed by atoms with Gasteiger partial charge >= 0.3 is 0 Å². The number of H-pyrrole nitrogens is 1. The summed E-state index contributed by atoms with van der Waals surface area (Å²) in [5, 5.41) is 9.82. The number of carbonyl (C=O) groups is 1. The zero-order valence-corrected chi connectivity index (χ0v) is 12.6. The summed E-state index contributed by atoms with van der Waals surface area (Å²) in [4.78, 5) is 23.7. The first-order chi connectivity index (χ1) is 10.6. The molecule has 1 amide bonds. The topological polar surface area (TPSA) is 79.8 Å². The number of hydrogen-bond donors (Lipinski definition) is 2. The van der Waals surface area contributed by atoms with E-state index in [9.17, 15) is 9.59 Å². The Morgan fingerprint density at radius 1 is 1.45 bits per heavy atom. The standard InChI is InChI=1S/C16H20N4O2/c1-11-4-2-5-15(21)20(11)9-3-8-17-16(22)14-10-13(18-19-14)12-6-7-12/h2,4-5,10,12H,3,6-9H2,1H3,(H,17,22)(H,18,19). The van der Waals surface area contributed by atoms with Gasteiger partial charge in [-0.2, -0.15) is 5.10 Å². The fraction of sp³-hybridized carbons (Fsp3) is 0.438. The molecule has 3 rings (SSSR count). The summed E-state index contributed by atoms with van der Waals surface area (Å²) >= 11 is 0. The predicted molar refractivity (Wildman–Crippen MR) is 83.0 cm³/mol. The molecule has 1 saturated carbocycles. The molecular formula is C16H20N4O2. The average Bonchev–Trinajstić information content (AvgIpc) is 3.23. The maximum absolute atomic E-state index is 12.0. The van der Waals surface area contributed by atoms with Gasteiger partial charge in [0.2, 0.25) is 0 Å². The average molecular weight is 300 g/mol. The molecule has 1 aliphatic carbocycles. The van der Waals surface area contributed by atoms with Gasteiger partial charge in [-0.1, -0.05) is 6.07 Å². The van der Waals surface area contributed by atoms with E-state index < -0.39 is 0 Å². The highest BCUT2D eigenvalue weighted by Gasteiger charge is 2.26. The highest BCUT2D eigenvalue weighted by atomic mass is 16.2. The third kappa shape index (κ3) is 3.27. The highest BCUT2D eigenvalue weighted by Crippen LogP contribution is 2.38. The maximum atomic E-state index is 12.0. The molecule has 0 unspecified atom stereocenters. The van der Waals surface area contributed by atoms with Crippen LogP contribution in [-0.2, 0) is 6.54 Å². The van der Waals surface area contributed by atoms with Crippen molar-refractivity contribution in [2.24, 2.45) is 0 Å². The minimum atomic E-state index is -0.166. The Morgan fingerprint density at radius 3 is 3.00 bits per heavy atom. The fourth-order valence-corrected chi connectivity index (χ4v) is 2.50. The number of aromatic amines is 1. The van der Waals surface area contributed by atoms with Gasteiger partial charge in [0.1, 0.15) is 5.69 Å². The van der Waals surface area contributed by atoms with Gasteiger partial charge in [0.25, 0.3) is 11.5 Å². The molecule has 6 nitrogen and oxygen atoms in total. The predicted octanol–water partition coefficient (Wildman–Crippen LogP) is 1.58. The molecule has 2 heterocycles. The summed E-state index contributed by atoms with van der Waals surface area (Å²) in [7, 11) is 0. The molecule has 0 radical (unpaired) electrons. The van der Waals surface area contributed by atoms with Crippen molar-refractivity contribution in [3.63, 3.8) is 0 Å². The molecular weight excluding hydrogens is 280 g/mol. The number of nitrogens with one attached hydrogen (secondary N) is 2. The van der Waals surface area contributed by atoms with Crippen molar-refractivity contribution < 1.29 is 4.79 Å². The van der Waals surface area contributed by atoms with Crippen LogP contribution >= 0.6 is 0 Å². The van der Waals surface area contributed by atoms with Gasteiger partial charge in [-0.3, -0.25) is 14.7 Å². The Balaban J connectivity index is 1.48. The summed E-state index contributed by atoms with van der Waals surface area (Å²) in [6, 6.07) is 7.04. The van der Waals surface area contributed by atoms with Crippen LogP contribution in [0.1, 0.15) is 47.1 Å². The van der Waals surface area contributed by atoms with E-state index in [1.54, 1.807) is 16.7 Å². The molecule has 2 N–H and O–H groups in total. The fourth-order valence-electron chi connectivity index (χ4n) is 2.50. The van der Waals surface area contributed by atoms with Crippen molar-refractivity contribution in [1.82, 2.24) is 20.1 Å². The molecule has 0 saturated heterocycles. The van der Waals surface area contributed by atoms with Crippen LogP contribution in [0.3, 0.4) is 0 Å². The second kappa shape index (κ2) is 6.17. The molecule has 116 valence electrons. The first kappa shape index (κ1) is 14.6. The number of aromatic nitrogens is 3. The zero-order valence-electron chi connectivity index (χ0n) is 12.6. The summed E-state index contributed by atoms with van der Waals surface area (Å²) < 4.78 is 1.71. The van der Waals surface area contributed by atoms with E-state index >= 15 is 0 Å². The second-order valence-electron chi connectivity index (χ2n) is 5.75. The van der Waals surface area contributed by atoms with Gasteiger partial charge in [-0.15, -0.1) is 0 Å². The largest absolute Gasteiger partial charge is 0.351 e. The lowest BCUT2D eigenvalue weighted by molar-refractivity contribution is 0.0947. The Kier molecular flexibility index (Phi) is 4.09. The number of hydrogen-bond acceptors (Lipinski definition) is 3. The van der Waals surface area contributed by atoms with Gasteiger partial charge in [0, 0.05) is 36.5 Å². The third-order valence-electron chi connectivity index (χ3n) is 3.96. The van der Waals surface area contributed by atoms with E-state index in [1.807, 2.05) is 19.1 Å². The Morgan fingerprint density at radius 2 is 2.27 bits per heavy atom. The van der Waals surface area contributed by atoms with Gasteiger partial charge in [-0.25, -0.2) is 0 Å². The van der Waals surface area contributed by atoms with E-state index in [2.05, 4.69) is 15.5 Å². The van der Waals surface area contributed by atoms with Crippen LogP contribution in [0.2, 0.25) is 0 Å². The number of rotatable bonds is 6. The molecule has 2 aromatic heterocycles. The van der Waals surface area contributed by atoms with Crippen molar-refractivity contribution in [3.05, 3.63) is 51.7 Å². The number of aryl methyl sites for hydroxylation is 1. The number of amides is 1. The molecule has 6 heteroatoms. The Bertz CT molecular complexity index is 728. The van der Waals surface area contributed by atoms with Crippen molar-refractivity contribution in [1.29, 1.82) is 0 Å². The monoisotopic (exact) mass is 300 g/mol. The van der Waals surface area contributed by atoms with Gasteiger partial charge in [0.05, 0.1) is 0 Å². The third-order valence-corrected chi connectivity index (χ3v) is 3.96. The van der Waals surface area contributed by atoms with Crippen LogP contribution in [0.5, 0.6) is 0 Å². The van der Waals surface area contributed by atoms with Crippen LogP contribution in [0.15, 0.2) is 29.1 Å². The quantitative estimate of drug-likeness (QED) is 0.795. The molecule has 22 heavy (non-hydrogen) atoms. The van der Waals surface area contributed by atoms with Gasteiger partial charge in [-0.05, 0) is 38.3 Å². The minimum absolute atomic E-state index is 0.00676. The van der Waals surface area contributed by atoms with E-state index in [4.69, 9.17) is 0 Å². The number of nitrogens with zero attached hydrogens (tertiary/aromatic N) is 2. The lowest BCUT2D eigenvalue weighted by Gasteiger charge is -2.09. The lowest BCUT2D eigenvalue weighted by Crippen LogP contribution is -2.27. The molecule has 0 spiro atoms. The molecule has 2 aromatic rings. The van der Waals surface area contributed by atoms with Crippen molar-refractivity contribution in [2.45, 2.75) is 38.6 Å². The van der Waals surface area contributed by atoms with E-state index in [1.165, 1.54) is 12.8 Å². The summed E-state index contributed by atoms with van der Waals surface area (Å²) in [5.74, 6) is 0.391. The SMILES string of the molecule is Cc1cccc(=O)n1CCCNC(=O)c1cc(C2CC2)[nH]n1. The van der Waals surface area contributed by atoms with E-state index in [-0.39, 0.29) is 11.5 Å². The smallest absolute Gasteiger partial charge is 0.271 e. The molecule has 0 bridgehead atoms. The summed E-state index contributed by atoms with van der Waals surface area (Å²) in [6.45, 7) is 3.02. The lowest BCUT2D eigenvalue weighted by atomic mass is 10.2. The van der Waals surface area contributed by atoms with Crippen LogP contribution in [0.4, 0.5) is 0 Å². The molecule has 0 atom stereocenters. The first-order valence-electron chi connectivity index (χ1n) is 7.65. The van der Waals surface area contributed by atoms with Crippen LogP contribution in [0.25, 0.3) is 0 Å². The van der Waals surface area contributed by atoms with Crippen LogP contribution in [0, 0.1) is 6.92 Å². The van der Waals surface area contributed by atoms with Gasteiger partial charge < -0.3 is 9.88 Å². The highest BCUT2D eigenvalue weighted by molar-refractivity contribution is 5.92. The van der Waals surface area contributed by atoms with Crippen LogP contribution in [-0.4, -0.2) is 27.2 Å². The van der Waals surface area contributed by atoms with E-state index in [0.717, 1.165) is 11.4 Å². The summed E-state index contributed by atoms with van der Waals surface area (Å²) in [5.41, 5.74) is 2.42. The maximum Gasteiger partial charge on any atom is 0.271 e. The molecule has 1 aliphatic rings. The van der Waals surface area contributed by atoms with E-state index in [0.29, 0.717) is 31.1 Å². The Labute approximate surface area is 128 Å². The number of carbonyl (C=O) groups excluding carboxylic acids is 1. The molecule has 0 aliphatic heterocycles. The second-order valence-corrected chi connectivity index (χ2v) is 5.75. The first-order valence-corrected chi connectivity index (χ1v) is 7.65. The van der Waals surface area contributed by atoms with Crippen molar-refractivity contribution in [3.8, 4) is 0 Å². The zero-order chi connectivity index (χ0) is 15.5. The van der Waals surface area contributed by atoms with Crippen LogP contribution < -0.4 is 10.9 Å². The minimum Gasteiger partial charge on any atom is -0.351 e. The van der Waals surface area contributed by atoms with Crippen molar-refractivity contribution >= 4 is 5.91 Å².